The number of halogens is 3. The van der Waals surface area contributed by atoms with Crippen molar-refractivity contribution in [1.29, 1.82) is 0 Å². The van der Waals surface area contributed by atoms with Gasteiger partial charge in [0.15, 0.2) is 0 Å². The maximum Gasteiger partial charge on any atom is 0.227 e. The van der Waals surface area contributed by atoms with Gasteiger partial charge in [0.2, 0.25) is 5.91 Å². The Kier molecular flexibility index (Phi) is 5.69. The van der Waals surface area contributed by atoms with Gasteiger partial charge in [-0.1, -0.05) is 0 Å². The van der Waals surface area contributed by atoms with Crippen molar-refractivity contribution in [1.82, 2.24) is 10.2 Å². The number of nitrogens with one attached hydrogen (secondary N) is 1. The highest BCUT2D eigenvalue weighted by atomic mass is 35.5. The van der Waals surface area contributed by atoms with E-state index in [0.29, 0.717) is 18.7 Å². The fraction of sp³-hybridized carbons (Fsp3) is 0.462. The first-order chi connectivity index (χ1) is 8.54. The predicted octanol–water partition coefficient (Wildman–Crippen LogP) is 1.75. The first-order valence-electron chi connectivity index (χ1n) is 6.01. The SMILES string of the molecule is C[C@@H]1CN(C(=O)Cc2cc(F)cc(F)c2)CCN1.Cl. The van der Waals surface area contributed by atoms with Gasteiger partial charge in [0, 0.05) is 31.7 Å². The van der Waals surface area contributed by atoms with Crippen LogP contribution in [0.1, 0.15) is 12.5 Å². The summed E-state index contributed by atoms with van der Waals surface area (Å²) < 4.78 is 26.0. The van der Waals surface area contributed by atoms with Crippen molar-refractivity contribution in [2.75, 3.05) is 19.6 Å². The zero-order valence-electron chi connectivity index (χ0n) is 10.7. The van der Waals surface area contributed by atoms with Gasteiger partial charge in [-0.05, 0) is 24.6 Å². The monoisotopic (exact) mass is 290 g/mol. The first-order valence-corrected chi connectivity index (χ1v) is 6.01. The summed E-state index contributed by atoms with van der Waals surface area (Å²) in [5, 5.41) is 3.24. The Bertz CT molecular complexity index is 436. The maximum atomic E-state index is 13.0. The standard InChI is InChI=1S/C13H16F2N2O.ClH/c1-9-8-17(3-2-16-9)13(18)6-10-4-11(14)7-12(15)5-10;/h4-5,7,9,16H,2-3,6,8H2,1H3;1H/t9-;/m1./s1. The molecular weight excluding hydrogens is 274 g/mol. The van der Waals surface area contributed by atoms with E-state index >= 15 is 0 Å². The van der Waals surface area contributed by atoms with Crippen molar-refractivity contribution in [3.8, 4) is 0 Å². The number of nitrogens with zero attached hydrogens (tertiary/aromatic N) is 1. The number of hydrogen-bond acceptors (Lipinski definition) is 2. The molecular formula is C13H17ClF2N2O. The van der Waals surface area contributed by atoms with Gasteiger partial charge in [-0.25, -0.2) is 8.78 Å². The van der Waals surface area contributed by atoms with Crippen LogP contribution in [-0.2, 0) is 11.2 Å². The predicted molar refractivity (Wildman–Crippen MR) is 71.4 cm³/mol. The van der Waals surface area contributed by atoms with Crippen LogP contribution in [0.3, 0.4) is 0 Å². The Labute approximate surface area is 117 Å². The lowest BCUT2D eigenvalue weighted by molar-refractivity contribution is -0.131. The summed E-state index contributed by atoms with van der Waals surface area (Å²) >= 11 is 0. The average Bonchev–Trinajstić information content (AvgIpc) is 2.27. The van der Waals surface area contributed by atoms with Crippen LogP contribution in [0, 0.1) is 11.6 Å². The van der Waals surface area contributed by atoms with Crippen LogP contribution in [-0.4, -0.2) is 36.5 Å². The van der Waals surface area contributed by atoms with E-state index in [4.69, 9.17) is 0 Å². The lowest BCUT2D eigenvalue weighted by atomic mass is 10.1. The Hall–Kier alpha value is -1.20. The van der Waals surface area contributed by atoms with Gasteiger partial charge in [0.05, 0.1) is 6.42 Å². The van der Waals surface area contributed by atoms with Crippen molar-refractivity contribution in [3.05, 3.63) is 35.4 Å². The molecule has 0 saturated carbocycles. The summed E-state index contributed by atoms with van der Waals surface area (Å²) in [6.07, 6.45) is 0.0431. The first kappa shape index (κ1) is 15.9. The molecule has 0 radical (unpaired) electrons. The molecule has 1 atom stereocenters. The molecule has 0 spiro atoms. The van der Waals surface area contributed by atoms with Gasteiger partial charge >= 0.3 is 0 Å². The molecule has 1 N–H and O–H groups in total. The molecule has 0 unspecified atom stereocenters. The lowest BCUT2D eigenvalue weighted by Gasteiger charge is -2.32. The Morgan fingerprint density at radius 1 is 1.37 bits per heavy atom. The second-order valence-electron chi connectivity index (χ2n) is 4.65. The molecule has 1 aromatic rings. The molecule has 1 amide bonds. The minimum absolute atomic E-state index is 0. The smallest absolute Gasteiger partial charge is 0.227 e. The van der Waals surface area contributed by atoms with Crippen LogP contribution in [0.5, 0.6) is 0 Å². The topological polar surface area (TPSA) is 32.3 Å². The van der Waals surface area contributed by atoms with Crippen LogP contribution in [0.15, 0.2) is 18.2 Å². The van der Waals surface area contributed by atoms with Crippen molar-refractivity contribution in [2.45, 2.75) is 19.4 Å². The van der Waals surface area contributed by atoms with Gasteiger partial charge in [0.1, 0.15) is 11.6 Å². The number of piperazine rings is 1. The number of hydrogen-bond donors (Lipinski definition) is 1. The summed E-state index contributed by atoms with van der Waals surface area (Å²) in [7, 11) is 0. The molecule has 0 bridgehead atoms. The molecule has 1 heterocycles. The summed E-state index contributed by atoms with van der Waals surface area (Å²) in [6, 6.07) is 3.46. The number of amides is 1. The zero-order chi connectivity index (χ0) is 13.1. The normalized spacial score (nSPS) is 18.9. The second kappa shape index (κ2) is 6.82. The Morgan fingerprint density at radius 2 is 2.00 bits per heavy atom. The minimum Gasteiger partial charge on any atom is -0.340 e. The molecule has 0 aromatic heterocycles. The van der Waals surface area contributed by atoms with Crippen molar-refractivity contribution in [3.63, 3.8) is 0 Å². The molecule has 1 aliphatic heterocycles. The van der Waals surface area contributed by atoms with E-state index in [1.54, 1.807) is 4.90 Å². The van der Waals surface area contributed by atoms with Crippen LogP contribution in [0.4, 0.5) is 8.78 Å². The van der Waals surface area contributed by atoms with E-state index in [1.807, 2.05) is 6.92 Å². The molecule has 1 aliphatic rings. The van der Waals surface area contributed by atoms with Gasteiger partial charge in [-0.15, -0.1) is 12.4 Å². The van der Waals surface area contributed by atoms with E-state index in [0.717, 1.165) is 12.6 Å². The highest BCUT2D eigenvalue weighted by Gasteiger charge is 2.20. The van der Waals surface area contributed by atoms with Crippen LogP contribution >= 0.6 is 12.4 Å². The molecule has 1 saturated heterocycles. The van der Waals surface area contributed by atoms with Crippen molar-refractivity contribution >= 4 is 18.3 Å². The average molecular weight is 291 g/mol. The highest BCUT2D eigenvalue weighted by Crippen LogP contribution is 2.10. The maximum absolute atomic E-state index is 13.0. The fourth-order valence-electron chi connectivity index (χ4n) is 2.16. The van der Waals surface area contributed by atoms with Crippen molar-refractivity contribution < 1.29 is 13.6 Å². The molecule has 3 nitrogen and oxygen atoms in total. The fourth-order valence-corrected chi connectivity index (χ4v) is 2.16. The molecule has 0 aliphatic carbocycles. The highest BCUT2D eigenvalue weighted by molar-refractivity contribution is 5.85. The summed E-state index contributed by atoms with van der Waals surface area (Å²) in [6.45, 7) is 4.03. The van der Waals surface area contributed by atoms with Crippen LogP contribution in [0.2, 0.25) is 0 Å². The van der Waals surface area contributed by atoms with Crippen molar-refractivity contribution in [2.24, 2.45) is 0 Å². The Morgan fingerprint density at radius 3 is 2.58 bits per heavy atom. The molecule has 19 heavy (non-hydrogen) atoms. The summed E-state index contributed by atoms with van der Waals surface area (Å²) in [5.74, 6) is -1.38. The second-order valence-corrected chi connectivity index (χ2v) is 4.65. The van der Waals surface area contributed by atoms with E-state index in [1.165, 1.54) is 12.1 Å². The summed E-state index contributed by atoms with van der Waals surface area (Å²) in [5.41, 5.74) is 0.378. The lowest BCUT2D eigenvalue weighted by Crippen LogP contribution is -2.51. The van der Waals surface area contributed by atoms with E-state index in [2.05, 4.69) is 5.32 Å². The third-order valence-electron chi connectivity index (χ3n) is 3.00. The van der Waals surface area contributed by atoms with Gasteiger partial charge in [-0.2, -0.15) is 0 Å². The third-order valence-corrected chi connectivity index (χ3v) is 3.00. The van der Waals surface area contributed by atoms with Gasteiger partial charge < -0.3 is 10.2 Å². The zero-order valence-corrected chi connectivity index (χ0v) is 11.5. The molecule has 106 valence electrons. The number of carbonyl (C=O) groups excluding carboxylic acids is 1. The van der Waals surface area contributed by atoms with E-state index in [-0.39, 0.29) is 30.8 Å². The number of benzene rings is 1. The largest absolute Gasteiger partial charge is 0.340 e. The van der Waals surface area contributed by atoms with E-state index < -0.39 is 11.6 Å². The van der Waals surface area contributed by atoms with Gasteiger partial charge in [0.25, 0.3) is 0 Å². The Balaban J connectivity index is 0.00000180. The van der Waals surface area contributed by atoms with Crippen LogP contribution < -0.4 is 5.32 Å². The minimum atomic E-state index is -0.647. The quantitative estimate of drug-likeness (QED) is 0.900. The van der Waals surface area contributed by atoms with E-state index in [9.17, 15) is 13.6 Å². The third kappa shape index (κ3) is 4.44. The number of carbonyl (C=O) groups is 1. The van der Waals surface area contributed by atoms with Crippen LogP contribution in [0.25, 0.3) is 0 Å². The summed E-state index contributed by atoms with van der Waals surface area (Å²) in [4.78, 5) is 13.7. The molecule has 6 heteroatoms. The van der Waals surface area contributed by atoms with Gasteiger partial charge in [-0.3, -0.25) is 4.79 Å². The molecule has 1 aromatic carbocycles. The molecule has 2 rings (SSSR count). The molecule has 1 fully saturated rings. The number of rotatable bonds is 2.